The summed E-state index contributed by atoms with van der Waals surface area (Å²) in [6.07, 6.45) is 0.104. The summed E-state index contributed by atoms with van der Waals surface area (Å²) in [5, 5.41) is -0.455. The van der Waals surface area contributed by atoms with E-state index in [0.29, 0.717) is 11.3 Å². The summed E-state index contributed by atoms with van der Waals surface area (Å²) < 4.78 is 30.0. The summed E-state index contributed by atoms with van der Waals surface area (Å²) in [5.74, 6) is -0.828. The van der Waals surface area contributed by atoms with Gasteiger partial charge in [0.1, 0.15) is 5.25 Å². The van der Waals surface area contributed by atoms with Crippen molar-refractivity contribution in [2.75, 3.05) is 11.0 Å². The highest BCUT2D eigenvalue weighted by atomic mass is 32.2. The Morgan fingerprint density at radius 1 is 1.00 bits per heavy atom. The Morgan fingerprint density at radius 2 is 1.59 bits per heavy atom. The predicted octanol–water partition coefficient (Wildman–Crippen LogP) is 3.35. The molecule has 0 aliphatic carbocycles. The number of carbonyl (C=O) groups is 2. The van der Waals surface area contributed by atoms with Gasteiger partial charge in [-0.05, 0) is 50.2 Å². The molecule has 0 fully saturated rings. The Balaban J connectivity index is 1.95. The summed E-state index contributed by atoms with van der Waals surface area (Å²) in [4.78, 5) is 25.6. The molecule has 0 aliphatic rings. The molecule has 2 aromatic carbocycles. The summed E-state index contributed by atoms with van der Waals surface area (Å²) in [6.45, 7) is 3.24. The molecule has 0 bridgehead atoms. The van der Waals surface area contributed by atoms with Crippen LogP contribution in [0.3, 0.4) is 0 Å². The van der Waals surface area contributed by atoms with E-state index in [1.165, 1.54) is 43.0 Å². The molecule has 6 nitrogen and oxygen atoms in total. The van der Waals surface area contributed by atoms with Gasteiger partial charge in [0.15, 0.2) is 6.10 Å². The van der Waals surface area contributed by atoms with Crippen molar-refractivity contribution >= 4 is 39.2 Å². The number of hydrogen-bond acceptors (Lipinski definition) is 6. The highest BCUT2D eigenvalue weighted by Crippen LogP contribution is 2.24. The van der Waals surface area contributed by atoms with E-state index in [1.807, 2.05) is 30.3 Å². The summed E-state index contributed by atoms with van der Waals surface area (Å²) in [6, 6.07) is 15.4. The zero-order valence-electron chi connectivity index (χ0n) is 15.2. The zero-order valence-corrected chi connectivity index (χ0v) is 16.8. The lowest BCUT2D eigenvalue weighted by atomic mass is 10.1. The van der Waals surface area contributed by atoms with Gasteiger partial charge in [-0.15, -0.1) is 11.8 Å². The second-order valence-electron chi connectivity index (χ2n) is 5.97. The second-order valence-corrected chi connectivity index (χ2v) is 9.13. The van der Waals surface area contributed by atoms with Crippen LogP contribution in [0.25, 0.3) is 0 Å². The molecular formula is C19H21NO5S2. The van der Waals surface area contributed by atoms with Crippen molar-refractivity contribution in [3.8, 4) is 0 Å². The topological polar surface area (TPSA) is 89.5 Å². The van der Waals surface area contributed by atoms with E-state index in [0.717, 1.165) is 11.2 Å². The monoisotopic (exact) mass is 407 g/mol. The van der Waals surface area contributed by atoms with Crippen LogP contribution in [0.4, 0.5) is 5.69 Å². The fraction of sp³-hybridized carbons (Fsp3) is 0.263. The maximum atomic E-state index is 12.4. The Labute approximate surface area is 163 Å². The molecule has 0 radical (unpaired) electrons. The molecule has 2 atom stereocenters. The van der Waals surface area contributed by atoms with Gasteiger partial charge in [-0.2, -0.15) is 0 Å². The van der Waals surface area contributed by atoms with Crippen molar-refractivity contribution in [2.45, 2.75) is 30.1 Å². The van der Waals surface area contributed by atoms with Crippen LogP contribution in [0, 0.1) is 0 Å². The van der Waals surface area contributed by atoms with Gasteiger partial charge >= 0.3 is 5.97 Å². The standard InChI is InChI=1S/C19H21NO5S2/c1-13(25-19(22)14(2)26-17-7-5-4-6-8-17)18(21)15-9-11-16(12-10-15)20-27(3,23)24/h4-14,20H,1-3H3/t13-,14+/m0/s1. The van der Waals surface area contributed by atoms with E-state index in [1.54, 1.807) is 6.92 Å². The highest BCUT2D eigenvalue weighted by Gasteiger charge is 2.23. The molecule has 27 heavy (non-hydrogen) atoms. The Bertz CT molecular complexity index is 895. The Kier molecular flexibility index (Phi) is 7.04. The van der Waals surface area contributed by atoms with Gasteiger partial charge in [-0.1, -0.05) is 18.2 Å². The molecule has 0 saturated heterocycles. The molecule has 0 spiro atoms. The second kappa shape index (κ2) is 9.05. The van der Waals surface area contributed by atoms with Gasteiger partial charge in [0.05, 0.1) is 6.26 Å². The van der Waals surface area contributed by atoms with Crippen LogP contribution in [0.15, 0.2) is 59.5 Å². The molecule has 0 aliphatic heterocycles. The lowest BCUT2D eigenvalue weighted by Crippen LogP contribution is -2.28. The first-order valence-corrected chi connectivity index (χ1v) is 11.0. The fourth-order valence-corrected chi connectivity index (χ4v) is 3.66. The minimum Gasteiger partial charge on any atom is -0.453 e. The minimum absolute atomic E-state index is 0.331. The molecule has 2 aromatic rings. The summed E-state index contributed by atoms with van der Waals surface area (Å²) >= 11 is 1.36. The first kappa shape index (κ1) is 21.0. The molecule has 8 heteroatoms. The van der Waals surface area contributed by atoms with Crippen LogP contribution in [0.2, 0.25) is 0 Å². The Morgan fingerprint density at radius 3 is 2.15 bits per heavy atom. The maximum absolute atomic E-state index is 12.4. The quantitative estimate of drug-likeness (QED) is 0.410. The SMILES string of the molecule is C[C@H](OC(=O)[C@@H](C)Sc1ccccc1)C(=O)c1ccc(NS(C)(=O)=O)cc1. The summed E-state index contributed by atoms with van der Waals surface area (Å²) in [5.41, 5.74) is 0.685. The molecule has 2 rings (SSSR count). The van der Waals surface area contributed by atoms with Gasteiger partial charge in [0.25, 0.3) is 0 Å². The van der Waals surface area contributed by atoms with Gasteiger partial charge in [0, 0.05) is 16.1 Å². The molecule has 0 unspecified atom stereocenters. The molecule has 0 saturated carbocycles. The van der Waals surface area contributed by atoms with Crippen LogP contribution in [0.1, 0.15) is 24.2 Å². The van der Waals surface area contributed by atoms with Gasteiger partial charge in [0.2, 0.25) is 15.8 Å². The van der Waals surface area contributed by atoms with Crippen molar-refractivity contribution in [3.63, 3.8) is 0 Å². The van der Waals surface area contributed by atoms with E-state index in [9.17, 15) is 18.0 Å². The molecule has 1 N–H and O–H groups in total. The zero-order chi connectivity index (χ0) is 20.0. The third-order valence-corrected chi connectivity index (χ3v) is 5.22. The molecule has 0 aromatic heterocycles. The van der Waals surface area contributed by atoms with E-state index in [4.69, 9.17) is 4.74 Å². The van der Waals surface area contributed by atoms with E-state index < -0.39 is 27.3 Å². The lowest BCUT2D eigenvalue weighted by Gasteiger charge is -2.16. The number of ketones is 1. The third kappa shape index (κ3) is 6.73. The van der Waals surface area contributed by atoms with E-state index in [-0.39, 0.29) is 5.78 Å². The number of hydrogen-bond donors (Lipinski definition) is 1. The van der Waals surface area contributed by atoms with Gasteiger partial charge < -0.3 is 4.74 Å². The first-order chi connectivity index (χ1) is 12.7. The molecular weight excluding hydrogens is 386 g/mol. The van der Waals surface area contributed by atoms with Crippen LogP contribution in [0.5, 0.6) is 0 Å². The smallest absolute Gasteiger partial charge is 0.319 e. The Hall–Kier alpha value is -2.32. The van der Waals surface area contributed by atoms with Gasteiger partial charge in [-0.25, -0.2) is 8.42 Å². The van der Waals surface area contributed by atoms with Crippen LogP contribution in [-0.2, 0) is 19.6 Å². The number of esters is 1. The summed E-state index contributed by atoms with van der Waals surface area (Å²) in [7, 11) is -3.38. The number of nitrogens with one attached hydrogen (secondary N) is 1. The molecule has 0 heterocycles. The predicted molar refractivity (Wildman–Crippen MR) is 107 cm³/mol. The number of Topliss-reactive ketones (excluding diaryl/α,β-unsaturated/α-hetero) is 1. The van der Waals surface area contributed by atoms with E-state index >= 15 is 0 Å². The average molecular weight is 408 g/mol. The van der Waals surface area contributed by atoms with Crippen molar-refractivity contribution in [1.82, 2.24) is 0 Å². The first-order valence-electron chi connectivity index (χ1n) is 8.20. The van der Waals surface area contributed by atoms with Crippen LogP contribution in [-0.4, -0.2) is 37.8 Å². The largest absolute Gasteiger partial charge is 0.453 e. The van der Waals surface area contributed by atoms with Crippen LogP contribution >= 0.6 is 11.8 Å². The van der Waals surface area contributed by atoms with Crippen molar-refractivity contribution in [1.29, 1.82) is 0 Å². The molecule has 144 valence electrons. The number of benzene rings is 2. The number of sulfonamides is 1. The number of ether oxygens (including phenoxy) is 1. The van der Waals surface area contributed by atoms with E-state index in [2.05, 4.69) is 4.72 Å². The molecule has 0 amide bonds. The third-order valence-electron chi connectivity index (χ3n) is 3.52. The number of anilines is 1. The van der Waals surface area contributed by atoms with Crippen molar-refractivity contribution in [3.05, 3.63) is 60.2 Å². The number of carbonyl (C=O) groups excluding carboxylic acids is 2. The maximum Gasteiger partial charge on any atom is 0.319 e. The average Bonchev–Trinajstić information content (AvgIpc) is 2.61. The number of rotatable bonds is 8. The van der Waals surface area contributed by atoms with Crippen molar-refractivity contribution < 1.29 is 22.7 Å². The van der Waals surface area contributed by atoms with Crippen molar-refractivity contribution in [2.24, 2.45) is 0 Å². The van der Waals surface area contributed by atoms with Crippen LogP contribution < -0.4 is 4.72 Å². The normalized spacial score (nSPS) is 13.4. The number of thioether (sulfide) groups is 1. The lowest BCUT2D eigenvalue weighted by molar-refractivity contribution is -0.145. The fourth-order valence-electron chi connectivity index (χ4n) is 2.23. The van der Waals surface area contributed by atoms with Gasteiger partial charge in [-0.3, -0.25) is 14.3 Å². The minimum atomic E-state index is -3.38. The highest BCUT2D eigenvalue weighted by molar-refractivity contribution is 8.00.